The fourth-order valence-electron chi connectivity index (χ4n) is 1.57. The molecule has 90 valence electrons. The smallest absolute Gasteiger partial charge is 0.169 e. The summed E-state index contributed by atoms with van der Waals surface area (Å²) in [5.74, 6) is 0. The molecule has 0 amide bonds. The first-order valence-corrected chi connectivity index (χ1v) is 5.45. The summed E-state index contributed by atoms with van der Waals surface area (Å²) in [4.78, 5) is 2.18. The summed E-state index contributed by atoms with van der Waals surface area (Å²) in [7, 11) is 5.38. The molecule has 1 aromatic rings. The summed E-state index contributed by atoms with van der Waals surface area (Å²) >= 11 is 0. The van der Waals surface area contributed by atoms with E-state index in [1.165, 1.54) is 11.1 Å². The third-order valence-corrected chi connectivity index (χ3v) is 2.56. The lowest BCUT2D eigenvalue weighted by Gasteiger charge is -2.22. The largest absolute Gasteiger partial charge is 0.355 e. The minimum absolute atomic E-state index is 0.157. The van der Waals surface area contributed by atoms with Crippen LogP contribution in [-0.2, 0) is 16.0 Å². The molecule has 0 saturated heterocycles. The van der Waals surface area contributed by atoms with E-state index in [2.05, 4.69) is 43.1 Å². The molecule has 1 rings (SSSR count). The van der Waals surface area contributed by atoms with Crippen LogP contribution in [-0.4, -0.2) is 39.0 Å². The maximum Gasteiger partial charge on any atom is 0.169 e. The average Bonchev–Trinajstić information content (AvgIpc) is 2.29. The van der Waals surface area contributed by atoms with Crippen molar-refractivity contribution in [1.82, 2.24) is 4.90 Å². The molecule has 16 heavy (non-hydrogen) atoms. The number of ether oxygens (including phenoxy) is 2. The van der Waals surface area contributed by atoms with E-state index >= 15 is 0 Å². The standard InChI is InChI=1S/C13H21NO2/c1-11-5-7-12(8-6-11)9-14(2)10-13(15-3)16-4/h5-8,13H,9-10H2,1-4H3. The average molecular weight is 223 g/mol. The predicted molar refractivity (Wildman–Crippen MR) is 65.3 cm³/mol. The molecular formula is C13H21NO2. The molecule has 0 aliphatic carbocycles. The maximum atomic E-state index is 5.16. The first kappa shape index (κ1) is 13.2. The molecule has 3 heteroatoms. The third-order valence-electron chi connectivity index (χ3n) is 2.56. The number of rotatable bonds is 6. The highest BCUT2D eigenvalue weighted by atomic mass is 16.7. The van der Waals surface area contributed by atoms with E-state index in [1.54, 1.807) is 14.2 Å². The molecule has 0 aliphatic rings. The second kappa shape index (κ2) is 6.63. The zero-order valence-electron chi connectivity index (χ0n) is 10.6. The fourth-order valence-corrected chi connectivity index (χ4v) is 1.57. The minimum Gasteiger partial charge on any atom is -0.355 e. The van der Waals surface area contributed by atoms with Crippen LogP contribution in [0.2, 0.25) is 0 Å². The molecule has 0 fully saturated rings. The Hall–Kier alpha value is -0.900. The highest BCUT2D eigenvalue weighted by molar-refractivity contribution is 5.21. The monoisotopic (exact) mass is 223 g/mol. The number of aryl methyl sites for hydroxylation is 1. The van der Waals surface area contributed by atoms with Crippen LogP contribution in [0.3, 0.4) is 0 Å². The molecule has 0 atom stereocenters. The van der Waals surface area contributed by atoms with Crippen LogP contribution < -0.4 is 0 Å². The molecule has 0 spiro atoms. The van der Waals surface area contributed by atoms with Crippen molar-refractivity contribution in [2.75, 3.05) is 27.8 Å². The van der Waals surface area contributed by atoms with Gasteiger partial charge in [0.15, 0.2) is 6.29 Å². The van der Waals surface area contributed by atoms with Gasteiger partial charge in [-0.15, -0.1) is 0 Å². The lowest BCUT2D eigenvalue weighted by atomic mass is 10.1. The van der Waals surface area contributed by atoms with Crippen molar-refractivity contribution >= 4 is 0 Å². The van der Waals surface area contributed by atoms with E-state index in [4.69, 9.17) is 9.47 Å². The van der Waals surface area contributed by atoms with Crippen LogP contribution in [0, 0.1) is 6.92 Å². The number of nitrogens with zero attached hydrogens (tertiary/aromatic N) is 1. The van der Waals surface area contributed by atoms with E-state index in [0.29, 0.717) is 0 Å². The Morgan fingerprint density at radius 1 is 1.12 bits per heavy atom. The second-order valence-corrected chi connectivity index (χ2v) is 4.08. The van der Waals surface area contributed by atoms with E-state index in [-0.39, 0.29) is 6.29 Å². The fraction of sp³-hybridized carbons (Fsp3) is 0.538. The topological polar surface area (TPSA) is 21.7 Å². The van der Waals surface area contributed by atoms with Crippen molar-refractivity contribution in [2.45, 2.75) is 19.8 Å². The molecule has 0 bridgehead atoms. The number of likely N-dealkylation sites (N-methyl/N-ethyl adjacent to an activating group) is 1. The zero-order valence-corrected chi connectivity index (χ0v) is 10.6. The van der Waals surface area contributed by atoms with Gasteiger partial charge in [0.1, 0.15) is 0 Å². The molecule has 1 aromatic carbocycles. The van der Waals surface area contributed by atoms with Gasteiger partial charge in [-0.3, -0.25) is 4.90 Å². The zero-order chi connectivity index (χ0) is 12.0. The van der Waals surface area contributed by atoms with Crippen LogP contribution in [0.5, 0.6) is 0 Å². The van der Waals surface area contributed by atoms with Crippen LogP contribution in [0.15, 0.2) is 24.3 Å². The van der Waals surface area contributed by atoms with E-state index in [1.807, 2.05) is 0 Å². The van der Waals surface area contributed by atoms with Crippen LogP contribution in [0.4, 0.5) is 0 Å². The summed E-state index contributed by atoms with van der Waals surface area (Å²) in [6.07, 6.45) is -0.157. The number of hydrogen-bond acceptors (Lipinski definition) is 3. The number of methoxy groups -OCH3 is 2. The molecule has 0 radical (unpaired) electrons. The summed E-state index contributed by atoms with van der Waals surface area (Å²) in [5, 5.41) is 0. The van der Waals surface area contributed by atoms with Crippen molar-refractivity contribution in [3.05, 3.63) is 35.4 Å². The van der Waals surface area contributed by atoms with Gasteiger partial charge in [0.2, 0.25) is 0 Å². The molecule has 0 heterocycles. The van der Waals surface area contributed by atoms with Gasteiger partial charge in [0.25, 0.3) is 0 Å². The van der Waals surface area contributed by atoms with Crippen molar-refractivity contribution in [3.63, 3.8) is 0 Å². The van der Waals surface area contributed by atoms with Gasteiger partial charge in [0.05, 0.1) is 0 Å². The van der Waals surface area contributed by atoms with Gasteiger partial charge < -0.3 is 9.47 Å². The van der Waals surface area contributed by atoms with E-state index < -0.39 is 0 Å². The van der Waals surface area contributed by atoms with Crippen molar-refractivity contribution in [2.24, 2.45) is 0 Å². The van der Waals surface area contributed by atoms with Crippen LogP contribution >= 0.6 is 0 Å². The Kier molecular flexibility index (Phi) is 5.46. The minimum atomic E-state index is -0.157. The molecule has 0 aromatic heterocycles. The molecule has 0 saturated carbocycles. The van der Waals surface area contributed by atoms with Crippen LogP contribution in [0.25, 0.3) is 0 Å². The lowest BCUT2D eigenvalue weighted by Crippen LogP contribution is -2.31. The predicted octanol–water partition coefficient (Wildman–Crippen LogP) is 2.05. The second-order valence-electron chi connectivity index (χ2n) is 4.08. The number of benzene rings is 1. The van der Waals surface area contributed by atoms with E-state index in [0.717, 1.165) is 13.1 Å². The van der Waals surface area contributed by atoms with Crippen molar-refractivity contribution in [1.29, 1.82) is 0 Å². The Morgan fingerprint density at radius 3 is 2.19 bits per heavy atom. The summed E-state index contributed by atoms with van der Waals surface area (Å²) in [5.41, 5.74) is 2.59. The summed E-state index contributed by atoms with van der Waals surface area (Å²) in [6, 6.07) is 8.57. The summed E-state index contributed by atoms with van der Waals surface area (Å²) in [6.45, 7) is 3.77. The Morgan fingerprint density at radius 2 is 1.69 bits per heavy atom. The van der Waals surface area contributed by atoms with Gasteiger partial charge in [-0.2, -0.15) is 0 Å². The van der Waals surface area contributed by atoms with E-state index in [9.17, 15) is 0 Å². The highest BCUT2D eigenvalue weighted by Crippen LogP contribution is 2.06. The third kappa shape index (κ3) is 4.31. The Bertz CT molecular complexity index is 293. The molecule has 3 nitrogen and oxygen atoms in total. The van der Waals surface area contributed by atoms with Crippen LogP contribution in [0.1, 0.15) is 11.1 Å². The van der Waals surface area contributed by atoms with Gasteiger partial charge in [-0.1, -0.05) is 29.8 Å². The molecule has 0 aliphatic heterocycles. The first-order chi connectivity index (χ1) is 7.65. The quantitative estimate of drug-likeness (QED) is 0.689. The Balaban J connectivity index is 2.44. The van der Waals surface area contributed by atoms with Crippen molar-refractivity contribution in [3.8, 4) is 0 Å². The highest BCUT2D eigenvalue weighted by Gasteiger charge is 2.09. The van der Waals surface area contributed by atoms with Gasteiger partial charge in [0, 0.05) is 27.3 Å². The molecule has 0 N–H and O–H groups in total. The normalized spacial score (nSPS) is 11.4. The summed E-state index contributed by atoms with van der Waals surface area (Å²) < 4.78 is 10.3. The van der Waals surface area contributed by atoms with Gasteiger partial charge in [-0.05, 0) is 19.5 Å². The number of hydrogen-bond donors (Lipinski definition) is 0. The lowest BCUT2D eigenvalue weighted by molar-refractivity contribution is -0.114. The molecular weight excluding hydrogens is 202 g/mol. The molecule has 0 unspecified atom stereocenters. The van der Waals surface area contributed by atoms with Crippen molar-refractivity contribution < 1.29 is 9.47 Å². The SMILES string of the molecule is COC(CN(C)Cc1ccc(C)cc1)OC. The van der Waals surface area contributed by atoms with Gasteiger partial charge in [-0.25, -0.2) is 0 Å². The first-order valence-electron chi connectivity index (χ1n) is 5.45. The maximum absolute atomic E-state index is 5.16. The Labute approximate surface area is 98.0 Å². The van der Waals surface area contributed by atoms with Gasteiger partial charge >= 0.3 is 0 Å².